The van der Waals surface area contributed by atoms with Crippen molar-refractivity contribution in [1.29, 1.82) is 0 Å². The lowest BCUT2D eigenvalue weighted by atomic mass is 10.2. The molecule has 0 aliphatic carbocycles. The van der Waals surface area contributed by atoms with Crippen LogP contribution < -0.4 is 0 Å². The highest BCUT2D eigenvalue weighted by molar-refractivity contribution is 7.99. The summed E-state index contributed by atoms with van der Waals surface area (Å²) in [4.78, 5) is 23.9. The molecule has 15 heavy (non-hydrogen) atoms. The minimum absolute atomic E-state index is 0.0171. The third-order valence-corrected chi connectivity index (χ3v) is 3.37. The fourth-order valence-electron chi connectivity index (χ4n) is 1.59. The largest absolute Gasteiger partial charge is 0.481 e. The highest BCUT2D eigenvalue weighted by Gasteiger charge is 2.27. The van der Waals surface area contributed by atoms with Gasteiger partial charge in [-0.15, -0.1) is 6.58 Å². The van der Waals surface area contributed by atoms with Gasteiger partial charge < -0.3 is 10.0 Å². The Labute approximate surface area is 93.3 Å². The van der Waals surface area contributed by atoms with Crippen LogP contribution in [0.4, 0.5) is 0 Å². The fraction of sp³-hybridized carbons (Fsp3) is 0.600. The molecule has 0 aromatic carbocycles. The van der Waals surface area contributed by atoms with Crippen LogP contribution in [0.15, 0.2) is 12.7 Å². The van der Waals surface area contributed by atoms with Crippen molar-refractivity contribution in [3.05, 3.63) is 12.7 Å². The third-order valence-electron chi connectivity index (χ3n) is 2.28. The Hall–Kier alpha value is -0.970. The maximum Gasteiger partial charge on any atom is 0.305 e. The number of aliphatic carboxylic acids is 1. The number of carbonyl (C=O) groups is 2. The summed E-state index contributed by atoms with van der Waals surface area (Å²) in [5.41, 5.74) is 0. The Morgan fingerprint density at radius 3 is 2.93 bits per heavy atom. The van der Waals surface area contributed by atoms with Crippen molar-refractivity contribution >= 4 is 23.6 Å². The smallest absolute Gasteiger partial charge is 0.305 e. The van der Waals surface area contributed by atoms with Gasteiger partial charge in [-0.2, -0.15) is 11.8 Å². The maximum absolute atomic E-state index is 11.6. The number of carboxylic acid groups (broad SMARTS) is 1. The van der Waals surface area contributed by atoms with E-state index in [1.165, 1.54) is 0 Å². The van der Waals surface area contributed by atoms with E-state index in [9.17, 15) is 9.59 Å². The first kappa shape index (κ1) is 12.1. The molecule has 0 saturated carbocycles. The van der Waals surface area contributed by atoms with Crippen molar-refractivity contribution in [1.82, 2.24) is 4.90 Å². The molecule has 0 bridgehead atoms. The van der Waals surface area contributed by atoms with Crippen molar-refractivity contribution in [2.75, 3.05) is 18.1 Å². The molecule has 1 aliphatic heterocycles. The van der Waals surface area contributed by atoms with Crippen LogP contribution in [0.5, 0.6) is 0 Å². The number of amides is 1. The average molecular weight is 229 g/mol. The highest BCUT2D eigenvalue weighted by Crippen LogP contribution is 2.19. The van der Waals surface area contributed by atoms with Crippen LogP contribution in [0.1, 0.15) is 12.8 Å². The van der Waals surface area contributed by atoms with Crippen LogP contribution in [0.2, 0.25) is 0 Å². The zero-order valence-corrected chi connectivity index (χ0v) is 9.33. The van der Waals surface area contributed by atoms with Crippen molar-refractivity contribution < 1.29 is 14.7 Å². The molecule has 0 radical (unpaired) electrons. The predicted molar refractivity (Wildman–Crippen MR) is 59.9 cm³/mol. The first-order valence-corrected chi connectivity index (χ1v) is 6.00. The number of nitrogens with zero attached hydrogens (tertiary/aromatic N) is 1. The number of carboxylic acids is 1. The number of rotatable bonds is 4. The summed E-state index contributed by atoms with van der Waals surface area (Å²) in [5, 5.41) is 8.73. The van der Waals surface area contributed by atoms with Crippen LogP contribution in [-0.4, -0.2) is 46.0 Å². The first-order valence-electron chi connectivity index (χ1n) is 4.85. The van der Waals surface area contributed by atoms with E-state index in [1.54, 1.807) is 22.7 Å². The van der Waals surface area contributed by atoms with E-state index in [-0.39, 0.29) is 18.4 Å². The SMILES string of the molecule is C=CCC(=O)N1CCSCC1CC(=O)O. The standard InChI is InChI=1S/C10H15NO3S/c1-2-3-9(12)11-4-5-15-7-8(11)6-10(13)14/h2,8H,1,3-7H2,(H,13,14). The molecule has 1 atom stereocenters. The van der Waals surface area contributed by atoms with Crippen LogP contribution in [0, 0.1) is 0 Å². The molecule has 1 heterocycles. The van der Waals surface area contributed by atoms with E-state index in [0.717, 1.165) is 11.5 Å². The molecular weight excluding hydrogens is 214 g/mol. The molecule has 1 amide bonds. The zero-order chi connectivity index (χ0) is 11.3. The number of hydrogen-bond donors (Lipinski definition) is 1. The first-order chi connectivity index (χ1) is 7.15. The molecule has 0 spiro atoms. The minimum Gasteiger partial charge on any atom is -0.481 e. The number of carbonyl (C=O) groups excluding carboxylic acids is 1. The van der Waals surface area contributed by atoms with E-state index in [2.05, 4.69) is 6.58 Å². The Morgan fingerprint density at radius 1 is 1.60 bits per heavy atom. The lowest BCUT2D eigenvalue weighted by Crippen LogP contribution is -2.46. The predicted octanol–water partition coefficient (Wildman–Crippen LogP) is 0.981. The molecule has 84 valence electrons. The van der Waals surface area contributed by atoms with Crippen LogP contribution in [0.25, 0.3) is 0 Å². The zero-order valence-electron chi connectivity index (χ0n) is 8.52. The Balaban J connectivity index is 2.60. The number of thioether (sulfide) groups is 1. The Bertz CT molecular complexity index is 267. The second-order valence-electron chi connectivity index (χ2n) is 3.41. The molecular formula is C10H15NO3S. The summed E-state index contributed by atoms with van der Waals surface area (Å²) in [6.07, 6.45) is 1.89. The molecule has 4 nitrogen and oxygen atoms in total. The summed E-state index contributed by atoms with van der Waals surface area (Å²) >= 11 is 1.70. The summed E-state index contributed by atoms with van der Waals surface area (Å²) < 4.78 is 0. The second kappa shape index (κ2) is 5.80. The van der Waals surface area contributed by atoms with Gasteiger partial charge in [-0.25, -0.2) is 0 Å². The summed E-state index contributed by atoms with van der Waals surface area (Å²) in [6.45, 7) is 4.16. The normalized spacial score (nSPS) is 21.1. The topological polar surface area (TPSA) is 57.6 Å². The minimum atomic E-state index is -0.848. The maximum atomic E-state index is 11.6. The summed E-state index contributed by atoms with van der Waals surface area (Å²) in [6, 6.07) is -0.159. The van der Waals surface area contributed by atoms with Gasteiger partial charge >= 0.3 is 5.97 Å². The molecule has 5 heteroatoms. The van der Waals surface area contributed by atoms with Crippen molar-refractivity contribution in [2.45, 2.75) is 18.9 Å². The van der Waals surface area contributed by atoms with E-state index in [1.807, 2.05) is 0 Å². The average Bonchev–Trinajstić information content (AvgIpc) is 2.18. The van der Waals surface area contributed by atoms with Crippen LogP contribution in [-0.2, 0) is 9.59 Å². The molecule has 1 aliphatic rings. The van der Waals surface area contributed by atoms with E-state index >= 15 is 0 Å². The van der Waals surface area contributed by atoms with Crippen LogP contribution >= 0.6 is 11.8 Å². The van der Waals surface area contributed by atoms with Gasteiger partial charge in [0.25, 0.3) is 0 Å². The highest BCUT2D eigenvalue weighted by atomic mass is 32.2. The Morgan fingerprint density at radius 2 is 2.33 bits per heavy atom. The monoisotopic (exact) mass is 229 g/mol. The molecule has 1 N–H and O–H groups in total. The van der Waals surface area contributed by atoms with Gasteiger partial charge in [-0.1, -0.05) is 6.08 Å². The van der Waals surface area contributed by atoms with Gasteiger partial charge in [-0.05, 0) is 0 Å². The molecule has 1 saturated heterocycles. The molecule has 1 unspecified atom stereocenters. The van der Waals surface area contributed by atoms with Crippen molar-refractivity contribution in [2.24, 2.45) is 0 Å². The lowest BCUT2D eigenvalue weighted by molar-refractivity contribution is -0.140. The molecule has 1 fully saturated rings. The van der Waals surface area contributed by atoms with Gasteiger partial charge in [-0.3, -0.25) is 9.59 Å². The van der Waals surface area contributed by atoms with E-state index in [4.69, 9.17) is 5.11 Å². The van der Waals surface area contributed by atoms with Gasteiger partial charge in [0.2, 0.25) is 5.91 Å². The fourth-order valence-corrected chi connectivity index (χ4v) is 2.66. The van der Waals surface area contributed by atoms with Crippen LogP contribution in [0.3, 0.4) is 0 Å². The van der Waals surface area contributed by atoms with Gasteiger partial charge in [0, 0.05) is 24.5 Å². The second-order valence-corrected chi connectivity index (χ2v) is 4.56. The summed E-state index contributed by atoms with van der Waals surface area (Å²) in [5.74, 6) is 0.740. The third kappa shape index (κ3) is 3.58. The molecule has 0 aromatic heterocycles. The quantitative estimate of drug-likeness (QED) is 0.730. The van der Waals surface area contributed by atoms with Gasteiger partial charge in [0.15, 0.2) is 0 Å². The van der Waals surface area contributed by atoms with Gasteiger partial charge in [0.1, 0.15) is 0 Å². The van der Waals surface area contributed by atoms with Crippen molar-refractivity contribution in [3.63, 3.8) is 0 Å². The molecule has 0 aromatic rings. The number of hydrogen-bond acceptors (Lipinski definition) is 3. The van der Waals surface area contributed by atoms with Gasteiger partial charge in [0.05, 0.1) is 12.5 Å². The summed E-state index contributed by atoms with van der Waals surface area (Å²) in [7, 11) is 0. The molecule has 1 rings (SSSR count). The van der Waals surface area contributed by atoms with E-state index < -0.39 is 5.97 Å². The van der Waals surface area contributed by atoms with E-state index in [0.29, 0.717) is 13.0 Å². The lowest BCUT2D eigenvalue weighted by Gasteiger charge is -2.34. The Kier molecular flexibility index (Phi) is 4.68. The van der Waals surface area contributed by atoms with Crippen molar-refractivity contribution in [3.8, 4) is 0 Å².